The molecule has 4 nitrogen and oxygen atoms in total. The number of ether oxygens (including phenoxy) is 1. The van der Waals surface area contributed by atoms with Crippen molar-refractivity contribution in [3.63, 3.8) is 0 Å². The molecule has 1 aliphatic rings. The van der Waals surface area contributed by atoms with Crippen LogP contribution in [0.4, 0.5) is 0 Å². The standard InChI is InChI=1S/C29H30N2O2/c1-19-15-31(28-8-6-5-7-24(19)28)23-11-9-22(10-12-23)16-30(4)17-29(32)25-13-14-26-21(3)33-18-27(26)20(25)2/h5-15,29,32H,3,16-18H2,1-2,4H3. The number of para-hydroxylation sites is 1. The number of hydrogen-bond donors (Lipinski definition) is 1. The summed E-state index contributed by atoms with van der Waals surface area (Å²) in [7, 11) is 2.05. The smallest absolute Gasteiger partial charge is 0.120 e. The Balaban J connectivity index is 1.28. The summed E-state index contributed by atoms with van der Waals surface area (Å²) in [6, 6.07) is 21.2. The average molecular weight is 439 g/mol. The second-order valence-electron chi connectivity index (χ2n) is 9.10. The highest BCUT2D eigenvalue weighted by Crippen LogP contribution is 2.34. The van der Waals surface area contributed by atoms with Crippen LogP contribution in [0.15, 0.2) is 73.4 Å². The molecule has 0 bridgehead atoms. The Kier molecular flexibility index (Phi) is 5.57. The van der Waals surface area contributed by atoms with Crippen molar-refractivity contribution in [1.29, 1.82) is 0 Å². The summed E-state index contributed by atoms with van der Waals surface area (Å²) in [6.07, 6.45) is 1.64. The zero-order valence-electron chi connectivity index (χ0n) is 19.5. The van der Waals surface area contributed by atoms with E-state index >= 15 is 0 Å². The first-order valence-corrected chi connectivity index (χ1v) is 11.4. The SMILES string of the molecule is C=C1OCc2c1ccc(C(O)CN(C)Cc1ccc(-n3cc(C)c4ccccc43)cc1)c2C. The van der Waals surface area contributed by atoms with Crippen molar-refractivity contribution in [2.75, 3.05) is 13.6 Å². The van der Waals surface area contributed by atoms with Gasteiger partial charge >= 0.3 is 0 Å². The maximum Gasteiger partial charge on any atom is 0.120 e. The van der Waals surface area contributed by atoms with Crippen LogP contribution in [-0.4, -0.2) is 28.2 Å². The molecule has 0 radical (unpaired) electrons. The molecule has 0 saturated carbocycles. The lowest BCUT2D eigenvalue weighted by molar-refractivity contribution is 0.123. The minimum absolute atomic E-state index is 0.541. The quantitative estimate of drug-likeness (QED) is 0.406. The van der Waals surface area contributed by atoms with Crippen molar-refractivity contribution in [2.45, 2.75) is 33.1 Å². The molecule has 4 aromatic rings. The van der Waals surface area contributed by atoms with Gasteiger partial charge < -0.3 is 14.4 Å². The third kappa shape index (κ3) is 3.97. The second kappa shape index (κ2) is 8.54. The molecule has 0 spiro atoms. The summed E-state index contributed by atoms with van der Waals surface area (Å²) >= 11 is 0. The largest absolute Gasteiger partial charge is 0.489 e. The van der Waals surface area contributed by atoms with Crippen LogP contribution < -0.4 is 0 Å². The summed E-state index contributed by atoms with van der Waals surface area (Å²) in [4.78, 5) is 2.16. The number of aromatic nitrogens is 1. The lowest BCUT2D eigenvalue weighted by atomic mass is 9.94. The summed E-state index contributed by atoms with van der Waals surface area (Å²) < 4.78 is 7.82. The third-order valence-corrected chi connectivity index (χ3v) is 6.75. The summed E-state index contributed by atoms with van der Waals surface area (Å²) in [5.41, 5.74) is 9.14. The maximum atomic E-state index is 10.9. The van der Waals surface area contributed by atoms with Gasteiger partial charge in [-0.05, 0) is 61.3 Å². The van der Waals surface area contributed by atoms with Crippen LogP contribution in [0, 0.1) is 13.8 Å². The molecule has 33 heavy (non-hydrogen) atoms. The first-order chi connectivity index (χ1) is 15.9. The molecule has 1 aliphatic heterocycles. The highest BCUT2D eigenvalue weighted by Gasteiger charge is 2.22. The zero-order valence-corrected chi connectivity index (χ0v) is 19.5. The molecule has 3 aromatic carbocycles. The van der Waals surface area contributed by atoms with Gasteiger partial charge in [0.05, 0.1) is 11.6 Å². The van der Waals surface area contributed by atoms with Gasteiger partial charge in [-0.2, -0.15) is 0 Å². The van der Waals surface area contributed by atoms with Gasteiger partial charge in [0.1, 0.15) is 12.4 Å². The molecular weight excluding hydrogens is 408 g/mol. The highest BCUT2D eigenvalue weighted by atomic mass is 16.5. The highest BCUT2D eigenvalue weighted by molar-refractivity contribution is 5.85. The Hall–Kier alpha value is -3.34. The molecular formula is C29H30N2O2. The number of aryl methyl sites for hydroxylation is 1. The van der Waals surface area contributed by atoms with E-state index in [1.807, 2.05) is 19.2 Å². The predicted octanol–water partition coefficient (Wildman–Crippen LogP) is 5.91. The molecule has 1 atom stereocenters. The van der Waals surface area contributed by atoms with Gasteiger partial charge in [-0.25, -0.2) is 0 Å². The first kappa shape index (κ1) is 21.5. The van der Waals surface area contributed by atoms with Gasteiger partial charge in [0.15, 0.2) is 0 Å². The monoisotopic (exact) mass is 438 g/mol. The van der Waals surface area contributed by atoms with E-state index in [-0.39, 0.29) is 0 Å². The predicted molar refractivity (Wildman–Crippen MR) is 134 cm³/mol. The topological polar surface area (TPSA) is 37.6 Å². The van der Waals surface area contributed by atoms with Crippen molar-refractivity contribution in [1.82, 2.24) is 9.47 Å². The summed E-state index contributed by atoms with van der Waals surface area (Å²) in [6.45, 7) is 10.0. The second-order valence-corrected chi connectivity index (χ2v) is 9.10. The van der Waals surface area contributed by atoms with E-state index < -0.39 is 6.10 Å². The fraction of sp³-hybridized carbons (Fsp3) is 0.241. The molecule has 168 valence electrons. The minimum Gasteiger partial charge on any atom is -0.489 e. The van der Waals surface area contributed by atoms with E-state index in [2.05, 4.69) is 84.6 Å². The third-order valence-electron chi connectivity index (χ3n) is 6.75. The van der Waals surface area contributed by atoms with Gasteiger partial charge in [0.25, 0.3) is 0 Å². The summed E-state index contributed by atoms with van der Waals surface area (Å²) in [5.74, 6) is 0.720. The molecule has 0 amide bonds. The zero-order chi connectivity index (χ0) is 23.1. The fourth-order valence-corrected chi connectivity index (χ4v) is 4.92. The van der Waals surface area contributed by atoms with Gasteiger partial charge in [-0.3, -0.25) is 4.90 Å². The first-order valence-electron chi connectivity index (χ1n) is 11.4. The Morgan fingerprint density at radius 1 is 1.06 bits per heavy atom. The Morgan fingerprint density at radius 3 is 2.61 bits per heavy atom. The van der Waals surface area contributed by atoms with Crippen LogP contribution in [0.5, 0.6) is 0 Å². The minimum atomic E-state index is -0.553. The van der Waals surface area contributed by atoms with Crippen molar-refractivity contribution >= 4 is 16.7 Å². The molecule has 1 unspecified atom stereocenters. The average Bonchev–Trinajstić information content (AvgIpc) is 3.35. The molecule has 1 N–H and O–H groups in total. The Bertz CT molecular complexity index is 1330. The number of aliphatic hydroxyl groups is 1. The van der Waals surface area contributed by atoms with Crippen LogP contribution >= 0.6 is 0 Å². The lowest BCUT2D eigenvalue weighted by Gasteiger charge is -2.23. The fourth-order valence-electron chi connectivity index (χ4n) is 4.92. The van der Waals surface area contributed by atoms with Crippen LogP contribution in [0.1, 0.15) is 39.5 Å². The number of nitrogens with zero attached hydrogens (tertiary/aromatic N) is 2. The lowest BCUT2D eigenvalue weighted by Crippen LogP contribution is -2.24. The Labute approximate surface area is 195 Å². The number of likely N-dealkylation sites (N-methyl/N-ethyl adjacent to an activating group) is 1. The van der Waals surface area contributed by atoms with Gasteiger partial charge in [-0.1, -0.05) is 49.0 Å². The molecule has 0 fully saturated rings. The number of hydrogen-bond acceptors (Lipinski definition) is 3. The van der Waals surface area contributed by atoms with E-state index in [9.17, 15) is 5.11 Å². The maximum absolute atomic E-state index is 10.9. The van der Waals surface area contributed by atoms with Crippen molar-refractivity contribution in [3.05, 3.63) is 107 Å². The molecule has 0 aliphatic carbocycles. The molecule has 2 heterocycles. The number of benzene rings is 3. The van der Waals surface area contributed by atoms with Crippen molar-refractivity contribution < 1.29 is 9.84 Å². The van der Waals surface area contributed by atoms with Gasteiger partial charge in [0.2, 0.25) is 0 Å². The van der Waals surface area contributed by atoms with Gasteiger partial charge in [-0.15, -0.1) is 0 Å². The molecule has 0 saturated heterocycles. The van der Waals surface area contributed by atoms with Crippen LogP contribution in [-0.2, 0) is 17.9 Å². The van der Waals surface area contributed by atoms with E-state index in [1.54, 1.807) is 0 Å². The number of fused-ring (bicyclic) bond motifs is 2. The van der Waals surface area contributed by atoms with Crippen molar-refractivity contribution in [3.8, 4) is 5.69 Å². The van der Waals surface area contributed by atoms with Crippen LogP contribution in [0.2, 0.25) is 0 Å². The van der Waals surface area contributed by atoms with Crippen LogP contribution in [0.3, 0.4) is 0 Å². The van der Waals surface area contributed by atoms with Crippen molar-refractivity contribution in [2.24, 2.45) is 0 Å². The number of rotatable bonds is 6. The Morgan fingerprint density at radius 2 is 1.82 bits per heavy atom. The number of aliphatic hydroxyl groups excluding tert-OH is 1. The van der Waals surface area contributed by atoms with Gasteiger partial charge in [0, 0.05) is 41.5 Å². The molecule has 4 heteroatoms. The summed E-state index contributed by atoms with van der Waals surface area (Å²) in [5, 5.41) is 12.2. The molecule has 5 rings (SSSR count). The van der Waals surface area contributed by atoms with E-state index in [4.69, 9.17) is 4.74 Å². The normalized spacial score (nSPS) is 14.0. The van der Waals surface area contributed by atoms with E-state index in [0.29, 0.717) is 13.2 Å². The van der Waals surface area contributed by atoms with E-state index in [1.165, 1.54) is 22.0 Å². The van der Waals surface area contributed by atoms with Crippen LogP contribution in [0.25, 0.3) is 22.3 Å². The molecule has 1 aromatic heterocycles. The van der Waals surface area contributed by atoms with E-state index in [0.717, 1.165) is 40.2 Å².